The van der Waals surface area contributed by atoms with Crippen LogP contribution in [0.3, 0.4) is 0 Å². The number of aryl methyl sites for hydroxylation is 1. The van der Waals surface area contributed by atoms with E-state index in [9.17, 15) is 14.7 Å². The molecule has 1 amide bonds. The molecule has 44 heavy (non-hydrogen) atoms. The Morgan fingerprint density at radius 2 is 2.00 bits per heavy atom. The molecule has 4 heterocycles. The first kappa shape index (κ1) is 29.6. The number of nitrogens with zero attached hydrogens (tertiary/aromatic N) is 5. The number of aromatic hydroxyl groups is 1. The van der Waals surface area contributed by atoms with Gasteiger partial charge in [-0.05, 0) is 42.7 Å². The van der Waals surface area contributed by atoms with E-state index >= 15 is 8.78 Å². The molecule has 12 heteroatoms. The predicted octanol–water partition coefficient (Wildman–Crippen LogP) is 5.50. The zero-order chi connectivity index (χ0) is 31.4. The molecule has 1 fully saturated rings. The molecule has 228 valence electrons. The zero-order valence-electron chi connectivity index (χ0n) is 24.4. The first-order valence-corrected chi connectivity index (χ1v) is 14.6. The predicted molar refractivity (Wildman–Crippen MR) is 164 cm³/mol. The summed E-state index contributed by atoms with van der Waals surface area (Å²) in [5.74, 6) is -2.92. The number of phenols is 1. The average molecular weight is 622 g/mol. The third kappa shape index (κ3) is 4.57. The van der Waals surface area contributed by atoms with Crippen LogP contribution in [0.1, 0.15) is 37.4 Å². The molecule has 4 aromatic rings. The topological polar surface area (TPSA) is 101 Å². The lowest BCUT2D eigenvalue weighted by Crippen LogP contribution is -2.56. The molecule has 2 aliphatic rings. The van der Waals surface area contributed by atoms with Crippen molar-refractivity contribution in [2.45, 2.75) is 39.2 Å². The Bertz CT molecular complexity index is 1890. The van der Waals surface area contributed by atoms with E-state index in [-0.39, 0.29) is 52.0 Å². The van der Waals surface area contributed by atoms with Gasteiger partial charge in [-0.3, -0.25) is 14.3 Å². The Morgan fingerprint density at radius 3 is 2.70 bits per heavy atom. The molecule has 6 rings (SSSR count). The lowest BCUT2D eigenvalue weighted by Gasteiger charge is -2.43. The summed E-state index contributed by atoms with van der Waals surface area (Å²) >= 11 is 7.05. The maximum Gasteiger partial charge on any atom is 0.354 e. The highest BCUT2D eigenvalue weighted by molar-refractivity contribution is 6.39. The van der Waals surface area contributed by atoms with Gasteiger partial charge in [0.25, 0.3) is 0 Å². The molecule has 1 atom stereocenters. The van der Waals surface area contributed by atoms with Crippen molar-refractivity contribution in [3.63, 3.8) is 0 Å². The van der Waals surface area contributed by atoms with Crippen LogP contribution in [0.25, 0.3) is 27.7 Å². The number of carbonyl (C=O) groups is 1. The number of amides is 1. The second-order valence-corrected chi connectivity index (χ2v) is 11.6. The highest BCUT2D eigenvalue weighted by Gasteiger charge is 2.37. The Morgan fingerprint density at radius 1 is 1.23 bits per heavy atom. The molecule has 0 bridgehead atoms. The minimum Gasteiger partial charge on any atom is -0.507 e. The minimum absolute atomic E-state index is 0.0371. The molecule has 1 unspecified atom stereocenters. The van der Waals surface area contributed by atoms with Crippen molar-refractivity contribution in [2.24, 2.45) is 0 Å². The highest BCUT2D eigenvalue weighted by atomic mass is 35.5. The lowest BCUT2D eigenvalue weighted by atomic mass is 9.98. The van der Waals surface area contributed by atoms with Gasteiger partial charge in [0.2, 0.25) is 5.91 Å². The number of piperazine rings is 1. The fourth-order valence-corrected chi connectivity index (χ4v) is 6.54. The summed E-state index contributed by atoms with van der Waals surface area (Å²) in [4.78, 5) is 39.2. The summed E-state index contributed by atoms with van der Waals surface area (Å²) in [6.45, 7) is 10.2. The molecule has 9 nitrogen and oxygen atoms in total. The van der Waals surface area contributed by atoms with Gasteiger partial charge in [0.15, 0.2) is 11.6 Å². The van der Waals surface area contributed by atoms with E-state index in [0.29, 0.717) is 43.0 Å². The summed E-state index contributed by atoms with van der Waals surface area (Å²) < 4.78 is 39.4. The Labute approximate surface area is 257 Å². The Kier molecular flexibility index (Phi) is 7.53. The Balaban J connectivity index is 1.77. The van der Waals surface area contributed by atoms with Crippen LogP contribution in [0.5, 0.6) is 11.5 Å². The van der Waals surface area contributed by atoms with Crippen LogP contribution in [0, 0.1) is 18.6 Å². The summed E-state index contributed by atoms with van der Waals surface area (Å²) in [5, 5.41) is 10.5. The van der Waals surface area contributed by atoms with Crippen molar-refractivity contribution in [2.75, 3.05) is 31.1 Å². The first-order valence-electron chi connectivity index (χ1n) is 14.3. The maximum absolute atomic E-state index is 16.7. The van der Waals surface area contributed by atoms with Crippen molar-refractivity contribution >= 4 is 34.2 Å². The van der Waals surface area contributed by atoms with Gasteiger partial charge in [-0.1, -0.05) is 38.1 Å². The monoisotopic (exact) mass is 621 g/mol. The second-order valence-electron chi connectivity index (χ2n) is 11.2. The Hall–Kier alpha value is -4.51. The molecule has 2 aliphatic heterocycles. The lowest BCUT2D eigenvalue weighted by molar-refractivity contribution is -0.126. The van der Waals surface area contributed by atoms with Crippen molar-refractivity contribution in [1.82, 2.24) is 19.4 Å². The van der Waals surface area contributed by atoms with Crippen molar-refractivity contribution in [3.8, 4) is 28.3 Å². The van der Waals surface area contributed by atoms with Crippen LogP contribution in [0.15, 0.2) is 47.9 Å². The quantitative estimate of drug-likeness (QED) is 0.300. The molecular formula is C32H30ClF2N5O4. The van der Waals surface area contributed by atoms with Crippen molar-refractivity contribution in [3.05, 3.63) is 81.5 Å². The molecule has 2 aromatic carbocycles. The van der Waals surface area contributed by atoms with Gasteiger partial charge < -0.3 is 19.6 Å². The SMILES string of the molecule is C=CC(=O)N1CCN2c3nc(=O)n(-c4c(C)ccnc4C(C)C)c4c(Cl)c(-c5c(O)cccc5F)c(F)c(c34)OCCC2C1. The molecule has 0 saturated carbocycles. The van der Waals surface area contributed by atoms with Gasteiger partial charge in [-0.15, -0.1) is 0 Å². The number of phenolic OH excluding ortho intramolecular Hbond substituents is 1. The number of carbonyl (C=O) groups excluding carboxylic acids is 1. The van der Waals surface area contributed by atoms with E-state index in [1.807, 2.05) is 25.7 Å². The van der Waals surface area contributed by atoms with E-state index in [1.54, 1.807) is 17.2 Å². The number of fused-ring (bicyclic) bond motifs is 2. The summed E-state index contributed by atoms with van der Waals surface area (Å²) in [6.07, 6.45) is 3.25. The number of benzene rings is 2. The summed E-state index contributed by atoms with van der Waals surface area (Å²) in [5.41, 5.74) is 0.0917. The fraction of sp³-hybridized carbons (Fsp3) is 0.312. The summed E-state index contributed by atoms with van der Waals surface area (Å²) in [7, 11) is 0. The molecular weight excluding hydrogens is 592 g/mol. The fourth-order valence-electron chi connectivity index (χ4n) is 6.19. The first-order chi connectivity index (χ1) is 21.0. The zero-order valence-corrected chi connectivity index (χ0v) is 25.2. The van der Waals surface area contributed by atoms with E-state index in [2.05, 4.69) is 16.5 Å². The van der Waals surface area contributed by atoms with E-state index in [0.717, 1.165) is 6.07 Å². The number of rotatable bonds is 4. The van der Waals surface area contributed by atoms with Gasteiger partial charge in [-0.2, -0.15) is 4.98 Å². The van der Waals surface area contributed by atoms with Crippen LogP contribution >= 0.6 is 11.6 Å². The molecule has 0 aliphatic carbocycles. The molecule has 0 radical (unpaired) electrons. The molecule has 1 N–H and O–H groups in total. The number of hydrogen-bond donors (Lipinski definition) is 1. The number of aromatic nitrogens is 3. The van der Waals surface area contributed by atoms with Crippen molar-refractivity contribution < 1.29 is 23.4 Å². The largest absolute Gasteiger partial charge is 0.507 e. The standard InChI is InChI=1S/C32H30ClF2N5O4/c1-5-21(42)38-12-13-39-18(15-38)10-14-44-30-24-29(25(33)23(26(30)35)22-19(34)7-6-8-20(22)41)40(32(43)37-31(24)39)28-17(4)9-11-36-27(28)16(2)3/h5-9,11,16,18,41H,1,10,12-15H2,2-4H3. The number of anilines is 1. The van der Waals surface area contributed by atoms with Gasteiger partial charge in [-0.25, -0.2) is 13.6 Å². The van der Waals surface area contributed by atoms with Crippen LogP contribution < -0.4 is 15.3 Å². The second kappa shape index (κ2) is 11.2. The van der Waals surface area contributed by atoms with Gasteiger partial charge in [0.1, 0.15) is 17.4 Å². The molecule has 0 spiro atoms. The maximum atomic E-state index is 16.7. The number of halogens is 3. The normalized spacial score (nSPS) is 16.4. The number of hydrogen-bond acceptors (Lipinski definition) is 7. The van der Waals surface area contributed by atoms with Gasteiger partial charge in [0, 0.05) is 37.8 Å². The van der Waals surface area contributed by atoms with Crippen LogP contribution in [-0.4, -0.2) is 62.7 Å². The van der Waals surface area contributed by atoms with Crippen LogP contribution in [0.4, 0.5) is 14.6 Å². The van der Waals surface area contributed by atoms with Gasteiger partial charge >= 0.3 is 5.69 Å². The summed E-state index contributed by atoms with van der Waals surface area (Å²) in [6, 6.07) is 5.03. The van der Waals surface area contributed by atoms with E-state index in [1.165, 1.54) is 22.8 Å². The average Bonchev–Trinajstić information content (AvgIpc) is 2.98. The van der Waals surface area contributed by atoms with Crippen LogP contribution in [0.2, 0.25) is 5.02 Å². The molecule has 1 saturated heterocycles. The molecule has 2 aromatic heterocycles. The van der Waals surface area contributed by atoms with Crippen LogP contribution in [-0.2, 0) is 4.79 Å². The van der Waals surface area contributed by atoms with Crippen molar-refractivity contribution in [1.29, 1.82) is 0 Å². The smallest absolute Gasteiger partial charge is 0.354 e. The highest BCUT2D eigenvalue weighted by Crippen LogP contribution is 2.49. The number of pyridine rings is 1. The van der Waals surface area contributed by atoms with E-state index in [4.69, 9.17) is 16.3 Å². The minimum atomic E-state index is -0.998. The number of ether oxygens (including phenoxy) is 1. The van der Waals surface area contributed by atoms with Gasteiger partial charge in [0.05, 0.1) is 45.5 Å². The third-order valence-electron chi connectivity index (χ3n) is 8.26. The third-order valence-corrected chi connectivity index (χ3v) is 8.62. The van der Waals surface area contributed by atoms with E-state index < -0.39 is 34.2 Å².